The van der Waals surface area contributed by atoms with Crippen LogP contribution < -0.4 is 10.6 Å². The van der Waals surface area contributed by atoms with Crippen molar-refractivity contribution in [1.29, 1.82) is 0 Å². The normalized spacial score (nSPS) is 10.4. The number of aryl methyl sites for hydroxylation is 2. The first-order valence-electron chi connectivity index (χ1n) is 5.24. The molecule has 0 aliphatic carbocycles. The molecule has 2 N–H and O–H groups in total. The summed E-state index contributed by atoms with van der Waals surface area (Å²) < 4.78 is 1.09. The van der Waals surface area contributed by atoms with E-state index in [2.05, 4.69) is 66.4 Å². The fourth-order valence-corrected chi connectivity index (χ4v) is 2.54. The zero-order valence-corrected chi connectivity index (χ0v) is 12.4. The molecule has 0 unspecified atom stereocenters. The first-order chi connectivity index (χ1) is 7.40. The summed E-state index contributed by atoms with van der Waals surface area (Å²) in [6, 6.07) is 4.50. The third-order valence-electron chi connectivity index (χ3n) is 2.16. The van der Waals surface area contributed by atoms with Crippen LogP contribution in [0.15, 0.2) is 16.6 Å². The Kier molecular flexibility index (Phi) is 4.74. The highest BCUT2D eigenvalue weighted by molar-refractivity contribution is 9.10. The number of anilines is 1. The summed E-state index contributed by atoms with van der Waals surface area (Å²) >= 11 is 8.71. The predicted octanol–water partition coefficient (Wildman–Crippen LogP) is 3.76. The monoisotopic (exact) mass is 300 g/mol. The number of hydrogen-bond acceptors (Lipinski definition) is 1. The van der Waals surface area contributed by atoms with Crippen molar-refractivity contribution in [1.82, 2.24) is 5.32 Å². The molecule has 0 spiro atoms. The predicted molar refractivity (Wildman–Crippen MR) is 78.1 cm³/mol. The van der Waals surface area contributed by atoms with E-state index in [1.807, 2.05) is 0 Å². The molecule has 0 fully saturated rings. The molecule has 1 aromatic carbocycles. The lowest BCUT2D eigenvalue weighted by atomic mass is 10.1. The van der Waals surface area contributed by atoms with Crippen molar-refractivity contribution >= 4 is 38.9 Å². The van der Waals surface area contributed by atoms with Gasteiger partial charge >= 0.3 is 0 Å². The highest BCUT2D eigenvalue weighted by Crippen LogP contribution is 2.24. The minimum atomic E-state index is 0.344. The third kappa shape index (κ3) is 3.76. The van der Waals surface area contributed by atoms with Gasteiger partial charge in [0.05, 0.1) is 0 Å². The van der Waals surface area contributed by atoms with Gasteiger partial charge in [-0.3, -0.25) is 0 Å². The molecule has 1 aromatic rings. The van der Waals surface area contributed by atoms with E-state index in [1.165, 1.54) is 11.1 Å². The summed E-state index contributed by atoms with van der Waals surface area (Å²) in [5.41, 5.74) is 3.45. The maximum Gasteiger partial charge on any atom is 0.170 e. The van der Waals surface area contributed by atoms with Crippen LogP contribution >= 0.6 is 28.1 Å². The number of rotatable bonds is 2. The highest BCUT2D eigenvalue weighted by atomic mass is 79.9. The first-order valence-corrected chi connectivity index (χ1v) is 6.44. The molecule has 2 nitrogen and oxygen atoms in total. The second-order valence-corrected chi connectivity index (χ2v) is 5.49. The quantitative estimate of drug-likeness (QED) is 0.813. The van der Waals surface area contributed by atoms with Gasteiger partial charge in [0, 0.05) is 16.2 Å². The molecule has 0 saturated heterocycles. The van der Waals surface area contributed by atoms with Crippen LogP contribution in [0.1, 0.15) is 25.0 Å². The maximum absolute atomic E-state index is 5.23. The lowest BCUT2D eigenvalue weighted by Crippen LogP contribution is -2.34. The average molecular weight is 301 g/mol. The van der Waals surface area contributed by atoms with E-state index in [1.54, 1.807) is 0 Å². The van der Waals surface area contributed by atoms with Crippen molar-refractivity contribution in [2.24, 2.45) is 0 Å². The van der Waals surface area contributed by atoms with E-state index in [-0.39, 0.29) is 0 Å². The lowest BCUT2D eigenvalue weighted by molar-refractivity contribution is 0.739. The summed E-state index contributed by atoms with van der Waals surface area (Å²) in [7, 11) is 0. The van der Waals surface area contributed by atoms with Crippen LogP contribution in [-0.4, -0.2) is 11.2 Å². The molecule has 88 valence electrons. The maximum atomic E-state index is 5.23. The Morgan fingerprint density at radius 3 is 2.19 bits per heavy atom. The van der Waals surface area contributed by atoms with Crippen molar-refractivity contribution < 1.29 is 0 Å². The molecule has 0 radical (unpaired) electrons. The minimum absolute atomic E-state index is 0.344. The summed E-state index contributed by atoms with van der Waals surface area (Å²) in [5, 5.41) is 7.08. The zero-order chi connectivity index (χ0) is 12.3. The van der Waals surface area contributed by atoms with Crippen molar-refractivity contribution in [3.63, 3.8) is 0 Å². The second kappa shape index (κ2) is 5.64. The molecular formula is C12H17BrN2S. The molecule has 0 aliphatic rings. The fourth-order valence-electron chi connectivity index (χ4n) is 1.52. The standard InChI is InChI=1S/C12H17BrN2S/c1-7(2)14-12(16)15-11-8(3)5-10(13)6-9(11)4/h5-7H,1-4H3,(H2,14,15,16). The van der Waals surface area contributed by atoms with Crippen molar-refractivity contribution in [3.8, 4) is 0 Å². The van der Waals surface area contributed by atoms with Gasteiger partial charge in [0.2, 0.25) is 0 Å². The summed E-state index contributed by atoms with van der Waals surface area (Å²) in [6.45, 7) is 8.26. The zero-order valence-electron chi connectivity index (χ0n) is 10.0. The Hall–Kier alpha value is -0.610. The molecular weight excluding hydrogens is 284 g/mol. The molecule has 4 heteroatoms. The lowest BCUT2D eigenvalue weighted by Gasteiger charge is -2.16. The molecule has 0 atom stereocenters. The second-order valence-electron chi connectivity index (χ2n) is 4.17. The van der Waals surface area contributed by atoms with Gasteiger partial charge in [-0.15, -0.1) is 0 Å². The van der Waals surface area contributed by atoms with Crippen LogP contribution in [0.25, 0.3) is 0 Å². The van der Waals surface area contributed by atoms with E-state index in [0.29, 0.717) is 11.2 Å². The van der Waals surface area contributed by atoms with Crippen LogP contribution in [0.3, 0.4) is 0 Å². The van der Waals surface area contributed by atoms with Crippen LogP contribution in [0.4, 0.5) is 5.69 Å². The average Bonchev–Trinajstić information content (AvgIpc) is 2.09. The van der Waals surface area contributed by atoms with Gasteiger partial charge in [-0.25, -0.2) is 0 Å². The van der Waals surface area contributed by atoms with Gasteiger partial charge in [0.25, 0.3) is 0 Å². The molecule has 16 heavy (non-hydrogen) atoms. The molecule has 0 amide bonds. The van der Waals surface area contributed by atoms with Gasteiger partial charge in [0.15, 0.2) is 5.11 Å². The highest BCUT2D eigenvalue weighted by Gasteiger charge is 2.06. The molecule has 0 aliphatic heterocycles. The van der Waals surface area contributed by atoms with E-state index in [4.69, 9.17) is 12.2 Å². The molecule has 0 saturated carbocycles. The fraction of sp³-hybridized carbons (Fsp3) is 0.417. The molecule has 0 heterocycles. The first kappa shape index (κ1) is 13.5. The van der Waals surface area contributed by atoms with E-state index >= 15 is 0 Å². The van der Waals surface area contributed by atoms with E-state index < -0.39 is 0 Å². The number of halogens is 1. The smallest absolute Gasteiger partial charge is 0.170 e. The molecule has 1 rings (SSSR count). The van der Waals surface area contributed by atoms with Crippen LogP contribution in [0.2, 0.25) is 0 Å². The van der Waals surface area contributed by atoms with Crippen LogP contribution in [0, 0.1) is 13.8 Å². The van der Waals surface area contributed by atoms with E-state index in [0.717, 1.165) is 10.2 Å². The SMILES string of the molecule is Cc1cc(Br)cc(C)c1NC(=S)NC(C)C. The Morgan fingerprint density at radius 1 is 1.25 bits per heavy atom. The Bertz CT molecular complexity index is 379. The van der Waals surface area contributed by atoms with Gasteiger partial charge in [-0.05, 0) is 63.2 Å². The molecule has 0 aromatic heterocycles. The van der Waals surface area contributed by atoms with Gasteiger partial charge in [-0.2, -0.15) is 0 Å². The summed E-state index contributed by atoms with van der Waals surface area (Å²) in [6.07, 6.45) is 0. The minimum Gasteiger partial charge on any atom is -0.360 e. The Labute approximate surface area is 111 Å². The van der Waals surface area contributed by atoms with Crippen molar-refractivity contribution in [2.45, 2.75) is 33.7 Å². The number of thiocarbonyl (C=S) groups is 1. The number of benzene rings is 1. The Balaban J connectivity index is 2.85. The van der Waals surface area contributed by atoms with Gasteiger partial charge in [0.1, 0.15) is 0 Å². The van der Waals surface area contributed by atoms with Crippen molar-refractivity contribution in [3.05, 3.63) is 27.7 Å². The Morgan fingerprint density at radius 2 is 1.75 bits per heavy atom. The van der Waals surface area contributed by atoms with Crippen LogP contribution in [-0.2, 0) is 0 Å². The van der Waals surface area contributed by atoms with Gasteiger partial charge in [-0.1, -0.05) is 15.9 Å². The number of nitrogens with one attached hydrogen (secondary N) is 2. The largest absolute Gasteiger partial charge is 0.360 e. The van der Waals surface area contributed by atoms with Crippen LogP contribution in [0.5, 0.6) is 0 Å². The third-order valence-corrected chi connectivity index (χ3v) is 2.83. The number of hydrogen-bond donors (Lipinski definition) is 2. The van der Waals surface area contributed by atoms with Crippen molar-refractivity contribution in [2.75, 3.05) is 5.32 Å². The van der Waals surface area contributed by atoms with E-state index in [9.17, 15) is 0 Å². The molecule has 0 bridgehead atoms. The topological polar surface area (TPSA) is 24.1 Å². The summed E-state index contributed by atoms with van der Waals surface area (Å²) in [5.74, 6) is 0. The van der Waals surface area contributed by atoms with Gasteiger partial charge < -0.3 is 10.6 Å². The summed E-state index contributed by atoms with van der Waals surface area (Å²) in [4.78, 5) is 0.